The van der Waals surface area contributed by atoms with E-state index in [2.05, 4.69) is 15.3 Å². The molecule has 1 aromatic heterocycles. The molecule has 0 radical (unpaired) electrons. The minimum Gasteiger partial charge on any atom is -0.318 e. The number of thioether (sulfide) groups is 1. The number of halogens is 2. The van der Waals surface area contributed by atoms with Crippen LogP contribution in [0.3, 0.4) is 0 Å². The Labute approximate surface area is 136 Å². The van der Waals surface area contributed by atoms with Crippen molar-refractivity contribution in [2.45, 2.75) is 19.9 Å². The normalized spacial score (nSPS) is 16.0. The van der Waals surface area contributed by atoms with E-state index >= 15 is 0 Å². The summed E-state index contributed by atoms with van der Waals surface area (Å²) in [6.07, 6.45) is 1.44. The summed E-state index contributed by atoms with van der Waals surface area (Å²) in [5, 5.41) is 3.40. The molecule has 0 spiro atoms. The number of carbonyl (C=O) groups excluding carboxylic acids is 1. The molecule has 0 saturated heterocycles. The molecular weight excluding hydrogens is 322 g/mol. The van der Waals surface area contributed by atoms with Gasteiger partial charge in [0.25, 0.3) is 0 Å². The third-order valence-corrected chi connectivity index (χ3v) is 4.52. The first-order valence-electron chi connectivity index (χ1n) is 7.27. The van der Waals surface area contributed by atoms with Crippen molar-refractivity contribution in [3.8, 4) is 0 Å². The first-order valence-corrected chi connectivity index (χ1v) is 8.25. The van der Waals surface area contributed by atoms with Crippen molar-refractivity contribution in [1.29, 1.82) is 0 Å². The van der Waals surface area contributed by atoms with Crippen LogP contribution in [0.1, 0.15) is 19.9 Å². The van der Waals surface area contributed by atoms with Crippen molar-refractivity contribution in [3.05, 3.63) is 30.1 Å². The minimum absolute atomic E-state index is 0.0625. The summed E-state index contributed by atoms with van der Waals surface area (Å²) < 4.78 is 28.5. The average Bonchev–Trinajstić information content (AvgIpc) is 3.11. The fourth-order valence-electron chi connectivity index (χ4n) is 2.58. The molecule has 2 heterocycles. The smallest absolute Gasteiger partial charge is 0.249 e. The zero-order valence-electron chi connectivity index (χ0n) is 12.7. The molecule has 5 nitrogen and oxygen atoms in total. The van der Waals surface area contributed by atoms with Gasteiger partial charge in [0.1, 0.15) is 6.04 Å². The van der Waals surface area contributed by atoms with Crippen LogP contribution in [0.5, 0.6) is 0 Å². The molecule has 1 aromatic carbocycles. The number of aliphatic imine (C=N–C) groups is 1. The third kappa shape index (κ3) is 3.08. The van der Waals surface area contributed by atoms with Crippen molar-refractivity contribution in [2.24, 2.45) is 10.9 Å². The number of hydrogen-bond donors (Lipinski definition) is 1. The summed E-state index contributed by atoms with van der Waals surface area (Å²) in [4.78, 5) is 20.9. The predicted octanol–water partition coefficient (Wildman–Crippen LogP) is 2.73. The molecule has 0 saturated carbocycles. The molecule has 0 aliphatic carbocycles. The lowest BCUT2D eigenvalue weighted by Crippen LogP contribution is -2.37. The quantitative estimate of drug-likeness (QED) is 0.936. The van der Waals surface area contributed by atoms with Crippen molar-refractivity contribution in [2.75, 3.05) is 12.3 Å². The maximum absolute atomic E-state index is 13.6. The molecule has 8 heteroatoms. The summed E-state index contributed by atoms with van der Waals surface area (Å²) in [5.74, 6) is -1.37. The second kappa shape index (κ2) is 6.27. The van der Waals surface area contributed by atoms with Crippen molar-refractivity contribution in [3.63, 3.8) is 0 Å². The van der Waals surface area contributed by atoms with Crippen molar-refractivity contribution >= 4 is 33.9 Å². The maximum atomic E-state index is 13.6. The highest BCUT2D eigenvalue weighted by molar-refractivity contribution is 8.14. The molecule has 23 heavy (non-hydrogen) atoms. The van der Waals surface area contributed by atoms with Gasteiger partial charge in [-0.05, 0) is 5.92 Å². The van der Waals surface area contributed by atoms with Gasteiger partial charge in [-0.1, -0.05) is 25.6 Å². The Morgan fingerprint density at radius 1 is 1.35 bits per heavy atom. The minimum atomic E-state index is -0.960. The number of nitrogens with one attached hydrogen (secondary N) is 1. The van der Waals surface area contributed by atoms with Gasteiger partial charge in [0.15, 0.2) is 16.8 Å². The van der Waals surface area contributed by atoms with Gasteiger partial charge in [-0.3, -0.25) is 9.79 Å². The molecule has 1 aliphatic rings. The number of aromatic nitrogens is 2. The predicted molar refractivity (Wildman–Crippen MR) is 86.4 cm³/mol. The number of hydrogen-bond acceptors (Lipinski definition) is 4. The van der Waals surface area contributed by atoms with E-state index in [0.717, 1.165) is 17.9 Å². The highest BCUT2D eigenvalue weighted by Crippen LogP contribution is 2.26. The number of nitrogens with zero attached hydrogens (tertiary/aromatic N) is 3. The van der Waals surface area contributed by atoms with Crippen molar-refractivity contribution < 1.29 is 13.6 Å². The van der Waals surface area contributed by atoms with Gasteiger partial charge in [-0.2, -0.15) is 0 Å². The Morgan fingerprint density at radius 2 is 2.09 bits per heavy atom. The number of rotatable bonds is 3. The lowest BCUT2D eigenvalue weighted by atomic mass is 10.0. The molecule has 3 rings (SSSR count). The summed E-state index contributed by atoms with van der Waals surface area (Å²) in [6, 6.07) is 1.52. The molecule has 2 aromatic rings. The van der Waals surface area contributed by atoms with E-state index in [1.54, 1.807) is 4.57 Å². The third-order valence-electron chi connectivity index (χ3n) is 3.63. The molecule has 122 valence electrons. The Kier molecular flexibility index (Phi) is 4.34. The monoisotopic (exact) mass is 338 g/mol. The molecule has 1 amide bonds. The van der Waals surface area contributed by atoms with Crippen LogP contribution < -0.4 is 5.32 Å². The van der Waals surface area contributed by atoms with Gasteiger partial charge < -0.3 is 9.88 Å². The van der Waals surface area contributed by atoms with E-state index in [1.807, 2.05) is 13.8 Å². The number of imidazole rings is 1. The number of amides is 1. The van der Waals surface area contributed by atoms with Crippen LogP contribution in [0, 0.1) is 17.6 Å². The van der Waals surface area contributed by atoms with E-state index in [1.165, 1.54) is 18.1 Å². The maximum Gasteiger partial charge on any atom is 0.249 e. The SMILES string of the molecule is CC(C)[C@H](C(=O)NC1=NCCS1)n1cnc2cc(F)c(F)cc21. The fourth-order valence-corrected chi connectivity index (χ4v) is 3.32. The molecule has 0 fully saturated rings. The topological polar surface area (TPSA) is 59.3 Å². The van der Waals surface area contributed by atoms with Crippen molar-refractivity contribution in [1.82, 2.24) is 14.9 Å². The van der Waals surface area contributed by atoms with Gasteiger partial charge in [0, 0.05) is 17.9 Å². The van der Waals surface area contributed by atoms with Gasteiger partial charge in [-0.25, -0.2) is 13.8 Å². The lowest BCUT2D eigenvalue weighted by Gasteiger charge is -2.22. The van der Waals surface area contributed by atoms with Crippen LogP contribution in [0.15, 0.2) is 23.5 Å². The number of carbonyl (C=O) groups is 1. The van der Waals surface area contributed by atoms with E-state index in [9.17, 15) is 13.6 Å². The second-order valence-electron chi connectivity index (χ2n) is 5.62. The molecule has 0 bridgehead atoms. The van der Waals surface area contributed by atoms with E-state index < -0.39 is 17.7 Å². The first kappa shape index (κ1) is 15.9. The van der Waals surface area contributed by atoms with Gasteiger partial charge in [0.2, 0.25) is 5.91 Å². The first-order chi connectivity index (χ1) is 11.0. The second-order valence-corrected chi connectivity index (χ2v) is 6.70. The van der Waals surface area contributed by atoms with Crippen LogP contribution >= 0.6 is 11.8 Å². The number of fused-ring (bicyclic) bond motifs is 1. The summed E-state index contributed by atoms with van der Waals surface area (Å²) in [6.45, 7) is 4.46. The standard InChI is InChI=1S/C15H16F2N4OS/c1-8(2)13(14(22)20-15-18-3-4-23-15)21-7-19-11-5-9(16)10(17)6-12(11)21/h5-8,13H,3-4H2,1-2H3,(H,18,20,22)/t13-/m1/s1. The molecular formula is C15H16F2N4OS. The molecule has 1 atom stereocenters. The van der Waals surface area contributed by atoms with E-state index in [0.29, 0.717) is 22.7 Å². The van der Waals surface area contributed by atoms with Crippen LogP contribution in [-0.4, -0.2) is 32.9 Å². The fraction of sp³-hybridized carbons (Fsp3) is 0.400. The molecule has 1 N–H and O–H groups in total. The van der Waals surface area contributed by atoms with Gasteiger partial charge in [-0.15, -0.1) is 0 Å². The van der Waals surface area contributed by atoms with E-state index in [-0.39, 0.29) is 11.8 Å². The average molecular weight is 338 g/mol. The van der Waals surface area contributed by atoms with E-state index in [4.69, 9.17) is 0 Å². The molecule has 1 aliphatic heterocycles. The molecule has 0 unspecified atom stereocenters. The highest BCUT2D eigenvalue weighted by atomic mass is 32.2. The van der Waals surface area contributed by atoms with Gasteiger partial charge in [0.05, 0.1) is 23.9 Å². The zero-order chi connectivity index (χ0) is 16.6. The van der Waals surface area contributed by atoms with Crippen LogP contribution in [0.25, 0.3) is 11.0 Å². The Morgan fingerprint density at radius 3 is 2.74 bits per heavy atom. The van der Waals surface area contributed by atoms with Crippen LogP contribution in [0.4, 0.5) is 8.78 Å². The highest BCUT2D eigenvalue weighted by Gasteiger charge is 2.27. The lowest BCUT2D eigenvalue weighted by molar-refractivity contribution is -0.123. The number of amidine groups is 1. The summed E-state index contributed by atoms with van der Waals surface area (Å²) in [5.41, 5.74) is 0.702. The van der Waals surface area contributed by atoms with Crippen LogP contribution in [-0.2, 0) is 4.79 Å². The largest absolute Gasteiger partial charge is 0.318 e. The zero-order valence-corrected chi connectivity index (χ0v) is 13.5. The Bertz CT molecular complexity index is 787. The number of benzene rings is 1. The summed E-state index contributed by atoms with van der Waals surface area (Å²) >= 11 is 1.49. The Hall–Kier alpha value is -1.96. The summed E-state index contributed by atoms with van der Waals surface area (Å²) in [7, 11) is 0. The van der Waals surface area contributed by atoms with Crippen LogP contribution in [0.2, 0.25) is 0 Å². The Balaban J connectivity index is 1.98. The van der Waals surface area contributed by atoms with Gasteiger partial charge >= 0.3 is 0 Å².